The molecule has 2 aromatic rings. The summed E-state index contributed by atoms with van der Waals surface area (Å²) in [6, 6.07) is 3.98. The Labute approximate surface area is 117 Å². The number of aromatic amines is 1. The van der Waals surface area contributed by atoms with Gasteiger partial charge in [-0.2, -0.15) is 0 Å². The fourth-order valence-corrected chi connectivity index (χ4v) is 2.24. The van der Waals surface area contributed by atoms with Crippen LogP contribution in [0.25, 0.3) is 0 Å². The van der Waals surface area contributed by atoms with E-state index in [-0.39, 0.29) is 12.5 Å². The summed E-state index contributed by atoms with van der Waals surface area (Å²) >= 11 is 0. The summed E-state index contributed by atoms with van der Waals surface area (Å²) < 4.78 is 4.72. The smallest absolute Gasteiger partial charge is 0.404 e. The molecule has 3 N–H and O–H groups in total. The molecule has 0 aliphatic heterocycles. The maximum absolute atomic E-state index is 10.6. The lowest BCUT2D eigenvalue weighted by Crippen LogP contribution is -2.13. The largest absolute Gasteiger partial charge is 0.442 e. The lowest BCUT2D eigenvalue weighted by Gasteiger charge is -2.19. The Kier molecular flexibility index (Phi) is 4.34. The zero-order valence-corrected chi connectivity index (χ0v) is 11.5. The second-order valence-electron chi connectivity index (χ2n) is 4.90. The zero-order valence-electron chi connectivity index (χ0n) is 11.5. The maximum atomic E-state index is 10.6. The first-order valence-electron chi connectivity index (χ1n) is 6.44. The number of primary amides is 1. The fraction of sp³-hybridized carbons (Fsp3) is 0.357. The molecule has 0 aliphatic rings. The number of carbonyl (C=O) groups is 1. The second-order valence-corrected chi connectivity index (χ2v) is 4.90. The average Bonchev–Trinajstić information content (AvgIpc) is 2.86. The lowest BCUT2D eigenvalue weighted by atomic mass is 9.87. The third-order valence-corrected chi connectivity index (χ3v) is 3.07. The van der Waals surface area contributed by atoms with Crippen molar-refractivity contribution in [3.05, 3.63) is 47.8 Å². The van der Waals surface area contributed by atoms with Crippen molar-refractivity contribution >= 4 is 6.09 Å². The first-order chi connectivity index (χ1) is 9.58. The fourth-order valence-electron chi connectivity index (χ4n) is 2.24. The Balaban J connectivity index is 2.21. The van der Waals surface area contributed by atoms with Crippen LogP contribution in [0.1, 0.15) is 36.8 Å². The molecule has 0 saturated heterocycles. The van der Waals surface area contributed by atoms with E-state index in [4.69, 9.17) is 10.5 Å². The molecule has 1 atom stereocenters. The van der Waals surface area contributed by atoms with Gasteiger partial charge in [-0.1, -0.05) is 13.8 Å². The molecule has 106 valence electrons. The summed E-state index contributed by atoms with van der Waals surface area (Å²) in [7, 11) is 0. The standard InChI is InChI=1S/C14H18N4O2/c1-9(2)13(10-3-5-16-6-4-10)11-7-17-12(18-11)8-20-14(15)19/h3-7,9,13H,8H2,1-2H3,(H2,15,19)(H,17,18). The molecule has 0 fully saturated rings. The van der Waals surface area contributed by atoms with Crippen LogP contribution < -0.4 is 5.73 Å². The van der Waals surface area contributed by atoms with Crippen LogP contribution in [-0.2, 0) is 11.3 Å². The molecule has 20 heavy (non-hydrogen) atoms. The summed E-state index contributed by atoms with van der Waals surface area (Å²) in [5.74, 6) is 1.16. The van der Waals surface area contributed by atoms with Crippen molar-refractivity contribution < 1.29 is 9.53 Å². The van der Waals surface area contributed by atoms with Crippen LogP contribution in [0.5, 0.6) is 0 Å². The highest BCUT2D eigenvalue weighted by atomic mass is 16.5. The van der Waals surface area contributed by atoms with Gasteiger partial charge in [-0.3, -0.25) is 4.98 Å². The summed E-state index contributed by atoms with van der Waals surface area (Å²) in [5.41, 5.74) is 7.08. The molecule has 1 unspecified atom stereocenters. The highest BCUT2D eigenvalue weighted by molar-refractivity contribution is 5.64. The van der Waals surface area contributed by atoms with E-state index in [1.165, 1.54) is 5.56 Å². The Bertz CT molecular complexity index is 566. The predicted octanol–water partition coefficient (Wildman–Crippen LogP) is 2.19. The number of aromatic nitrogens is 3. The van der Waals surface area contributed by atoms with Crippen molar-refractivity contribution in [1.29, 1.82) is 0 Å². The minimum atomic E-state index is -0.808. The van der Waals surface area contributed by atoms with E-state index >= 15 is 0 Å². The van der Waals surface area contributed by atoms with Gasteiger partial charge in [-0.05, 0) is 23.6 Å². The van der Waals surface area contributed by atoms with Crippen LogP contribution in [0.15, 0.2) is 30.7 Å². The Morgan fingerprint density at radius 3 is 2.70 bits per heavy atom. The molecule has 0 saturated carbocycles. The van der Waals surface area contributed by atoms with Crippen molar-refractivity contribution in [3.8, 4) is 0 Å². The minimum absolute atomic E-state index is 0.0521. The first kappa shape index (κ1) is 14.0. The lowest BCUT2D eigenvalue weighted by molar-refractivity contribution is 0.147. The van der Waals surface area contributed by atoms with Crippen molar-refractivity contribution in [1.82, 2.24) is 15.0 Å². The monoisotopic (exact) mass is 274 g/mol. The molecule has 6 heteroatoms. The highest BCUT2D eigenvalue weighted by Gasteiger charge is 2.20. The number of nitrogens with one attached hydrogen (secondary N) is 1. The van der Waals surface area contributed by atoms with Crippen LogP contribution >= 0.6 is 0 Å². The number of amides is 1. The highest BCUT2D eigenvalue weighted by Crippen LogP contribution is 2.30. The molecule has 2 rings (SSSR count). The number of hydrogen-bond acceptors (Lipinski definition) is 4. The summed E-state index contributed by atoms with van der Waals surface area (Å²) in [5, 5.41) is 0. The Morgan fingerprint density at radius 1 is 1.40 bits per heavy atom. The summed E-state index contributed by atoms with van der Waals surface area (Å²) in [6.07, 6.45) is 4.51. The van der Waals surface area contributed by atoms with Gasteiger partial charge in [0.1, 0.15) is 5.82 Å². The molecule has 0 aliphatic carbocycles. The van der Waals surface area contributed by atoms with E-state index in [0.717, 1.165) is 5.69 Å². The number of imidazole rings is 1. The van der Waals surface area contributed by atoms with Gasteiger partial charge < -0.3 is 15.5 Å². The maximum Gasteiger partial charge on any atom is 0.404 e. The second kappa shape index (κ2) is 6.18. The number of carbonyl (C=O) groups excluding carboxylic acids is 1. The van der Waals surface area contributed by atoms with Gasteiger partial charge in [0.15, 0.2) is 6.61 Å². The first-order valence-corrected chi connectivity index (χ1v) is 6.44. The van der Waals surface area contributed by atoms with Gasteiger partial charge in [0.2, 0.25) is 0 Å². The number of ether oxygens (including phenoxy) is 1. The topological polar surface area (TPSA) is 93.9 Å². The van der Waals surface area contributed by atoms with Crippen LogP contribution in [-0.4, -0.2) is 21.0 Å². The molecule has 2 heterocycles. The molecule has 0 aromatic carbocycles. The summed E-state index contributed by atoms with van der Waals surface area (Å²) in [6.45, 7) is 4.34. The van der Waals surface area contributed by atoms with E-state index < -0.39 is 6.09 Å². The number of hydrogen-bond donors (Lipinski definition) is 2. The molecule has 1 amide bonds. The van der Waals surface area contributed by atoms with Crippen LogP contribution in [0.4, 0.5) is 4.79 Å². The van der Waals surface area contributed by atoms with Crippen molar-refractivity contribution in [3.63, 3.8) is 0 Å². The SMILES string of the molecule is CC(C)C(c1ccncc1)c1cnc(COC(N)=O)[nH]1. The van der Waals surface area contributed by atoms with Crippen molar-refractivity contribution in [2.24, 2.45) is 11.7 Å². The van der Waals surface area contributed by atoms with Gasteiger partial charge in [0.05, 0.1) is 0 Å². The van der Waals surface area contributed by atoms with Gasteiger partial charge in [0, 0.05) is 30.2 Å². The Hall–Kier alpha value is -2.37. The molecular formula is C14H18N4O2. The number of H-pyrrole nitrogens is 1. The average molecular weight is 274 g/mol. The molecule has 0 radical (unpaired) electrons. The molecule has 6 nitrogen and oxygen atoms in total. The number of nitrogens with two attached hydrogens (primary N) is 1. The molecule has 2 aromatic heterocycles. The van der Waals surface area contributed by atoms with Gasteiger partial charge in [-0.25, -0.2) is 9.78 Å². The van der Waals surface area contributed by atoms with Gasteiger partial charge in [0.25, 0.3) is 0 Å². The normalized spacial score (nSPS) is 12.3. The zero-order chi connectivity index (χ0) is 14.5. The third kappa shape index (κ3) is 3.34. The van der Waals surface area contributed by atoms with Crippen molar-refractivity contribution in [2.45, 2.75) is 26.4 Å². The van der Waals surface area contributed by atoms with Gasteiger partial charge in [-0.15, -0.1) is 0 Å². The third-order valence-electron chi connectivity index (χ3n) is 3.07. The van der Waals surface area contributed by atoms with Crippen LogP contribution in [0.3, 0.4) is 0 Å². The molecule has 0 bridgehead atoms. The van der Waals surface area contributed by atoms with Crippen molar-refractivity contribution in [2.75, 3.05) is 0 Å². The number of nitrogens with zero attached hydrogens (tertiary/aromatic N) is 2. The van der Waals surface area contributed by atoms with Crippen LogP contribution in [0, 0.1) is 5.92 Å². The van der Waals surface area contributed by atoms with E-state index in [2.05, 4.69) is 28.8 Å². The van der Waals surface area contributed by atoms with E-state index in [9.17, 15) is 4.79 Å². The van der Waals surface area contributed by atoms with E-state index in [1.54, 1.807) is 18.6 Å². The number of rotatable bonds is 5. The molecule has 0 spiro atoms. The Morgan fingerprint density at radius 2 is 2.10 bits per heavy atom. The van der Waals surface area contributed by atoms with Gasteiger partial charge >= 0.3 is 6.09 Å². The quantitative estimate of drug-likeness (QED) is 0.873. The van der Waals surface area contributed by atoms with E-state index in [1.807, 2.05) is 12.1 Å². The summed E-state index contributed by atoms with van der Waals surface area (Å²) in [4.78, 5) is 22.0. The predicted molar refractivity (Wildman–Crippen MR) is 73.9 cm³/mol. The van der Waals surface area contributed by atoms with E-state index in [0.29, 0.717) is 11.7 Å². The minimum Gasteiger partial charge on any atom is -0.442 e. The van der Waals surface area contributed by atoms with Crippen LogP contribution in [0.2, 0.25) is 0 Å². The molecular weight excluding hydrogens is 256 g/mol. The number of pyridine rings is 1.